The average molecular weight is 409 g/mol. The molecule has 0 radical (unpaired) electrons. The molecule has 7 heteroatoms. The van der Waals surface area contributed by atoms with Crippen LogP contribution in [0, 0.1) is 28.6 Å². The molecule has 5 aliphatic rings. The number of nitrogens with one attached hydrogen (secondary N) is 1. The molecule has 1 heterocycles. The molecular formula is C20H32ClF3N2O. The van der Waals surface area contributed by atoms with E-state index < -0.39 is 17.0 Å². The van der Waals surface area contributed by atoms with Crippen LogP contribution in [0.2, 0.25) is 0 Å². The van der Waals surface area contributed by atoms with Crippen LogP contribution in [0.5, 0.6) is 0 Å². The molecule has 4 aliphatic carbocycles. The van der Waals surface area contributed by atoms with E-state index >= 15 is 0 Å². The Hall–Kier alpha value is -0.490. The zero-order chi connectivity index (χ0) is 18.6. The van der Waals surface area contributed by atoms with Gasteiger partial charge in [-0.05, 0) is 89.1 Å². The molecule has 0 aromatic rings. The number of halogens is 4. The van der Waals surface area contributed by atoms with Gasteiger partial charge in [-0.1, -0.05) is 0 Å². The van der Waals surface area contributed by atoms with Gasteiger partial charge in [-0.2, -0.15) is 13.2 Å². The van der Waals surface area contributed by atoms with Crippen LogP contribution in [0.25, 0.3) is 0 Å². The number of nitrogens with zero attached hydrogens (tertiary/aromatic N) is 1. The fourth-order valence-electron chi connectivity index (χ4n) is 6.95. The van der Waals surface area contributed by atoms with E-state index in [9.17, 15) is 18.0 Å². The van der Waals surface area contributed by atoms with Gasteiger partial charge < -0.3 is 10.2 Å². The van der Waals surface area contributed by atoms with E-state index in [2.05, 4.69) is 5.32 Å². The van der Waals surface area contributed by atoms with Gasteiger partial charge in [0.2, 0.25) is 5.91 Å². The van der Waals surface area contributed by atoms with Crippen molar-refractivity contribution in [3.63, 3.8) is 0 Å². The van der Waals surface area contributed by atoms with E-state index in [-0.39, 0.29) is 49.4 Å². The van der Waals surface area contributed by atoms with Crippen molar-refractivity contribution in [2.75, 3.05) is 26.7 Å². The van der Waals surface area contributed by atoms with Crippen molar-refractivity contribution in [1.29, 1.82) is 0 Å². The molecule has 4 bridgehead atoms. The normalized spacial score (nSPS) is 38.7. The highest BCUT2D eigenvalue weighted by Gasteiger charge is 2.69. The van der Waals surface area contributed by atoms with Crippen molar-refractivity contribution in [1.82, 2.24) is 10.2 Å². The van der Waals surface area contributed by atoms with Crippen molar-refractivity contribution in [3.8, 4) is 0 Å². The smallest absolute Gasteiger partial charge is 0.342 e. The molecule has 4 saturated carbocycles. The average Bonchev–Trinajstić information content (AvgIpc) is 2.58. The number of carbonyl (C=O) groups excluding carboxylic acids is 1. The highest BCUT2D eigenvalue weighted by molar-refractivity contribution is 5.85. The van der Waals surface area contributed by atoms with E-state index in [0.29, 0.717) is 18.8 Å². The van der Waals surface area contributed by atoms with Crippen molar-refractivity contribution < 1.29 is 18.0 Å². The number of carbonyl (C=O) groups is 1. The molecule has 1 aliphatic heterocycles. The SMILES string of the molecule is CNCCC1CCN(C(=O)C23CC4CC(C2)CC(C(F)(F)F)(C4)C3)CC1.Cl. The molecule has 0 spiro atoms. The molecule has 2 unspecified atom stereocenters. The number of alkyl halides is 3. The zero-order valence-electron chi connectivity index (χ0n) is 16.1. The van der Waals surface area contributed by atoms with Crippen LogP contribution in [0.4, 0.5) is 13.2 Å². The van der Waals surface area contributed by atoms with Crippen molar-refractivity contribution in [2.24, 2.45) is 28.6 Å². The molecule has 27 heavy (non-hydrogen) atoms. The lowest BCUT2D eigenvalue weighted by atomic mass is 9.43. The monoisotopic (exact) mass is 408 g/mol. The lowest BCUT2D eigenvalue weighted by Gasteiger charge is -2.62. The van der Waals surface area contributed by atoms with E-state index in [1.165, 1.54) is 0 Å². The number of likely N-dealkylation sites (tertiary alicyclic amines) is 1. The van der Waals surface area contributed by atoms with Gasteiger partial charge in [0, 0.05) is 13.1 Å². The quantitative estimate of drug-likeness (QED) is 0.747. The van der Waals surface area contributed by atoms with Gasteiger partial charge in [-0.15, -0.1) is 12.4 Å². The molecule has 5 rings (SSSR count). The van der Waals surface area contributed by atoms with Gasteiger partial charge in [-0.25, -0.2) is 0 Å². The molecule has 5 fully saturated rings. The summed E-state index contributed by atoms with van der Waals surface area (Å²) >= 11 is 0. The first kappa shape index (κ1) is 21.2. The lowest BCUT2D eigenvalue weighted by molar-refractivity contribution is -0.284. The van der Waals surface area contributed by atoms with Crippen molar-refractivity contribution in [2.45, 2.75) is 64.0 Å². The predicted molar refractivity (Wildman–Crippen MR) is 101 cm³/mol. The summed E-state index contributed by atoms with van der Waals surface area (Å²) in [5, 5.41) is 3.17. The van der Waals surface area contributed by atoms with Gasteiger partial charge in [0.1, 0.15) is 0 Å². The Morgan fingerprint density at radius 1 is 1.11 bits per heavy atom. The van der Waals surface area contributed by atoms with Crippen molar-refractivity contribution >= 4 is 18.3 Å². The maximum absolute atomic E-state index is 13.9. The van der Waals surface area contributed by atoms with Crippen LogP contribution >= 0.6 is 12.4 Å². The lowest BCUT2D eigenvalue weighted by Crippen LogP contribution is -2.62. The summed E-state index contributed by atoms with van der Waals surface area (Å²) in [6, 6.07) is 0. The Morgan fingerprint density at radius 3 is 2.22 bits per heavy atom. The van der Waals surface area contributed by atoms with Crippen molar-refractivity contribution in [3.05, 3.63) is 0 Å². The summed E-state index contributed by atoms with van der Waals surface area (Å²) in [6.45, 7) is 2.44. The van der Waals surface area contributed by atoms with Gasteiger partial charge >= 0.3 is 6.18 Å². The first-order valence-corrected chi connectivity index (χ1v) is 10.3. The molecule has 2 atom stereocenters. The van der Waals surface area contributed by atoms with Gasteiger partial charge in [0.05, 0.1) is 10.8 Å². The fourth-order valence-corrected chi connectivity index (χ4v) is 6.95. The van der Waals surface area contributed by atoms with Crippen LogP contribution in [0.1, 0.15) is 57.8 Å². The molecule has 156 valence electrons. The number of rotatable bonds is 4. The largest absolute Gasteiger partial charge is 0.394 e. The van der Waals surface area contributed by atoms with Crippen LogP contribution in [0.15, 0.2) is 0 Å². The summed E-state index contributed by atoms with van der Waals surface area (Å²) < 4.78 is 41.7. The van der Waals surface area contributed by atoms with Crippen LogP contribution < -0.4 is 5.32 Å². The third kappa shape index (κ3) is 3.61. The Kier molecular flexibility index (Phi) is 5.82. The fraction of sp³-hybridized carbons (Fsp3) is 0.950. The minimum atomic E-state index is -4.17. The van der Waals surface area contributed by atoms with Gasteiger partial charge in [0.15, 0.2) is 0 Å². The minimum Gasteiger partial charge on any atom is -0.342 e. The van der Waals surface area contributed by atoms with Crippen LogP contribution in [-0.4, -0.2) is 43.7 Å². The summed E-state index contributed by atoms with van der Waals surface area (Å²) in [4.78, 5) is 15.3. The van der Waals surface area contributed by atoms with Gasteiger partial charge in [-0.3, -0.25) is 4.79 Å². The second kappa shape index (κ2) is 7.40. The summed E-state index contributed by atoms with van der Waals surface area (Å²) in [6.07, 6.45) is 1.78. The van der Waals surface area contributed by atoms with E-state index in [0.717, 1.165) is 45.3 Å². The number of hydrogen-bond acceptors (Lipinski definition) is 2. The Labute approximate surface area is 166 Å². The summed E-state index contributed by atoms with van der Waals surface area (Å²) in [5.41, 5.74) is -2.31. The van der Waals surface area contributed by atoms with E-state index in [1.807, 2.05) is 11.9 Å². The molecule has 1 saturated heterocycles. The van der Waals surface area contributed by atoms with E-state index in [1.54, 1.807) is 0 Å². The third-order valence-electron chi connectivity index (χ3n) is 7.82. The first-order valence-electron chi connectivity index (χ1n) is 10.3. The summed E-state index contributed by atoms with van der Waals surface area (Å²) in [7, 11) is 1.95. The zero-order valence-corrected chi connectivity index (χ0v) is 16.9. The summed E-state index contributed by atoms with van der Waals surface area (Å²) in [5.74, 6) is 0.863. The molecular weight excluding hydrogens is 377 g/mol. The van der Waals surface area contributed by atoms with Crippen LogP contribution in [-0.2, 0) is 4.79 Å². The Balaban J connectivity index is 0.00000210. The molecule has 1 amide bonds. The molecule has 0 aromatic heterocycles. The highest BCUT2D eigenvalue weighted by atomic mass is 35.5. The predicted octanol–water partition coefficient (Wildman–Crippen LogP) is 4.41. The molecule has 0 aromatic carbocycles. The Morgan fingerprint density at radius 2 is 1.70 bits per heavy atom. The number of amides is 1. The second-order valence-electron chi connectivity index (χ2n) is 9.65. The topological polar surface area (TPSA) is 32.3 Å². The van der Waals surface area contributed by atoms with E-state index in [4.69, 9.17) is 0 Å². The minimum absolute atomic E-state index is 0. The standard InChI is InChI=1S/C20H31F3N2O.ClH/c1-24-5-2-14-3-6-25(7-4-14)17(26)18-9-15-8-16(10-18)12-19(11-15,13-18)20(21,22)23;/h14-16,24H,2-13H2,1H3;1H. The maximum atomic E-state index is 13.9. The third-order valence-corrected chi connectivity index (χ3v) is 7.82. The first-order chi connectivity index (χ1) is 12.3. The maximum Gasteiger partial charge on any atom is 0.394 e. The number of hydrogen-bond donors (Lipinski definition) is 1. The van der Waals surface area contributed by atoms with Gasteiger partial charge in [0.25, 0.3) is 0 Å². The number of piperidine rings is 1. The van der Waals surface area contributed by atoms with Crippen LogP contribution in [0.3, 0.4) is 0 Å². The highest BCUT2D eigenvalue weighted by Crippen LogP contribution is 2.69. The second-order valence-corrected chi connectivity index (χ2v) is 9.65. The molecule has 3 nitrogen and oxygen atoms in total. The Bertz CT molecular complexity index is 546. The molecule has 1 N–H and O–H groups in total.